The number of carbonyl (C=O) groups is 1. The minimum Gasteiger partial charge on any atom is -0.340 e. The molecule has 0 saturated heterocycles. The lowest BCUT2D eigenvalue weighted by Gasteiger charge is -2.17. The first-order valence-electron chi connectivity index (χ1n) is 5.39. The number of carbonyl (C=O) groups excluding carboxylic acids is 1. The summed E-state index contributed by atoms with van der Waals surface area (Å²) in [6.07, 6.45) is 4.19. The van der Waals surface area contributed by atoms with Crippen LogP contribution in [0.15, 0.2) is 12.1 Å². The van der Waals surface area contributed by atoms with Crippen LogP contribution < -0.4 is 0 Å². The van der Waals surface area contributed by atoms with E-state index in [1.165, 1.54) is 5.69 Å². The average Bonchev–Trinajstić information content (AvgIpc) is 2.60. The zero-order valence-electron chi connectivity index (χ0n) is 9.29. The number of hydrogen-bond acceptors (Lipinski definition) is 1. The fraction of sp³-hybridized carbons (Fsp3) is 0.583. The zero-order chi connectivity index (χ0) is 10.6. The molecule has 2 heteroatoms. The van der Waals surface area contributed by atoms with Crippen LogP contribution in [0.5, 0.6) is 0 Å². The van der Waals surface area contributed by atoms with Gasteiger partial charge in [-0.25, -0.2) is 0 Å². The molecule has 0 aliphatic heterocycles. The maximum atomic E-state index is 10.8. The molecule has 14 heavy (non-hydrogen) atoms. The highest BCUT2D eigenvalue weighted by atomic mass is 16.1. The van der Waals surface area contributed by atoms with Crippen LogP contribution in [0, 0.1) is 0 Å². The molecule has 1 aromatic heterocycles. The number of aromatic nitrogens is 1. The van der Waals surface area contributed by atoms with Gasteiger partial charge in [-0.2, -0.15) is 0 Å². The van der Waals surface area contributed by atoms with Crippen molar-refractivity contribution >= 4 is 6.29 Å². The van der Waals surface area contributed by atoms with Crippen molar-refractivity contribution in [1.29, 1.82) is 0 Å². The van der Waals surface area contributed by atoms with Gasteiger partial charge in [0.2, 0.25) is 0 Å². The summed E-state index contributed by atoms with van der Waals surface area (Å²) in [5, 5.41) is 0. The molecule has 0 aliphatic carbocycles. The third-order valence-corrected chi connectivity index (χ3v) is 2.69. The molecule has 0 fully saturated rings. The van der Waals surface area contributed by atoms with Gasteiger partial charge in [0.15, 0.2) is 6.29 Å². The van der Waals surface area contributed by atoms with Gasteiger partial charge in [0.1, 0.15) is 0 Å². The molecule has 0 aromatic carbocycles. The summed E-state index contributed by atoms with van der Waals surface area (Å²) < 4.78 is 2.16. The van der Waals surface area contributed by atoms with E-state index in [4.69, 9.17) is 0 Å². The van der Waals surface area contributed by atoms with E-state index in [0.29, 0.717) is 6.04 Å². The van der Waals surface area contributed by atoms with Crippen molar-refractivity contribution in [2.75, 3.05) is 0 Å². The molecular weight excluding hydrogens is 174 g/mol. The van der Waals surface area contributed by atoms with Crippen molar-refractivity contribution in [3.63, 3.8) is 0 Å². The molecule has 0 aliphatic rings. The fourth-order valence-electron chi connectivity index (χ4n) is 1.78. The van der Waals surface area contributed by atoms with E-state index >= 15 is 0 Å². The number of hydrogen-bond donors (Lipinski definition) is 0. The summed E-state index contributed by atoms with van der Waals surface area (Å²) in [4.78, 5) is 10.8. The van der Waals surface area contributed by atoms with Crippen LogP contribution >= 0.6 is 0 Å². The Hall–Kier alpha value is -1.05. The average molecular weight is 193 g/mol. The van der Waals surface area contributed by atoms with E-state index < -0.39 is 0 Å². The SMILES string of the molecule is CCCc1ccc(C=O)n1C(C)CC. The quantitative estimate of drug-likeness (QED) is 0.658. The summed E-state index contributed by atoms with van der Waals surface area (Å²) in [5.74, 6) is 0. The maximum Gasteiger partial charge on any atom is 0.166 e. The van der Waals surface area contributed by atoms with Gasteiger partial charge in [0.05, 0.1) is 5.69 Å². The second-order valence-electron chi connectivity index (χ2n) is 3.74. The summed E-state index contributed by atoms with van der Waals surface area (Å²) in [6.45, 7) is 6.47. The lowest BCUT2D eigenvalue weighted by molar-refractivity contribution is 0.111. The van der Waals surface area contributed by atoms with Crippen molar-refractivity contribution in [2.24, 2.45) is 0 Å². The Bertz CT molecular complexity index is 301. The summed E-state index contributed by atoms with van der Waals surface area (Å²) in [6, 6.07) is 4.41. The standard InChI is InChI=1S/C12H19NO/c1-4-6-11-7-8-12(9-14)13(11)10(3)5-2/h7-10H,4-6H2,1-3H3. The molecule has 1 rings (SSSR count). The highest BCUT2D eigenvalue weighted by molar-refractivity contribution is 5.72. The largest absolute Gasteiger partial charge is 0.340 e. The number of rotatable bonds is 5. The fourth-order valence-corrected chi connectivity index (χ4v) is 1.78. The van der Waals surface area contributed by atoms with Crippen LogP contribution in [0.25, 0.3) is 0 Å². The Kier molecular flexibility index (Phi) is 3.93. The Morgan fingerprint density at radius 1 is 1.43 bits per heavy atom. The summed E-state index contributed by atoms with van der Waals surface area (Å²) in [5.41, 5.74) is 2.09. The number of aldehydes is 1. The summed E-state index contributed by atoms with van der Waals surface area (Å²) in [7, 11) is 0. The van der Waals surface area contributed by atoms with Crippen molar-refractivity contribution < 1.29 is 4.79 Å². The van der Waals surface area contributed by atoms with E-state index in [9.17, 15) is 4.79 Å². The minimum absolute atomic E-state index is 0.423. The lowest BCUT2D eigenvalue weighted by atomic mass is 10.2. The van der Waals surface area contributed by atoms with E-state index in [1.807, 2.05) is 6.07 Å². The van der Waals surface area contributed by atoms with Crippen molar-refractivity contribution in [3.05, 3.63) is 23.5 Å². The molecule has 0 amide bonds. The van der Waals surface area contributed by atoms with Gasteiger partial charge in [0, 0.05) is 11.7 Å². The Balaban J connectivity index is 3.05. The molecule has 2 nitrogen and oxygen atoms in total. The van der Waals surface area contributed by atoms with Gasteiger partial charge in [0.25, 0.3) is 0 Å². The summed E-state index contributed by atoms with van der Waals surface area (Å²) >= 11 is 0. The minimum atomic E-state index is 0.423. The molecule has 78 valence electrons. The molecule has 0 N–H and O–H groups in total. The molecule has 1 aromatic rings. The predicted octanol–water partition coefficient (Wildman–Crippen LogP) is 3.22. The van der Waals surface area contributed by atoms with Crippen molar-refractivity contribution in [1.82, 2.24) is 4.57 Å². The molecule has 0 saturated carbocycles. The van der Waals surface area contributed by atoms with Crippen LogP contribution in [0.1, 0.15) is 55.8 Å². The topological polar surface area (TPSA) is 22.0 Å². The third kappa shape index (κ3) is 2.06. The van der Waals surface area contributed by atoms with Gasteiger partial charge in [-0.1, -0.05) is 20.3 Å². The molecule has 1 unspecified atom stereocenters. The number of aryl methyl sites for hydroxylation is 1. The van der Waals surface area contributed by atoms with Crippen molar-refractivity contribution in [3.8, 4) is 0 Å². The van der Waals surface area contributed by atoms with E-state index in [-0.39, 0.29) is 0 Å². The smallest absolute Gasteiger partial charge is 0.166 e. The normalized spacial score (nSPS) is 12.8. The second-order valence-corrected chi connectivity index (χ2v) is 3.74. The van der Waals surface area contributed by atoms with Crippen LogP contribution in [0.4, 0.5) is 0 Å². The van der Waals surface area contributed by atoms with Gasteiger partial charge in [-0.15, -0.1) is 0 Å². The Morgan fingerprint density at radius 3 is 2.64 bits per heavy atom. The van der Waals surface area contributed by atoms with E-state index in [2.05, 4.69) is 31.4 Å². The first-order valence-corrected chi connectivity index (χ1v) is 5.39. The van der Waals surface area contributed by atoms with Gasteiger partial charge >= 0.3 is 0 Å². The first kappa shape index (κ1) is 11.0. The monoisotopic (exact) mass is 193 g/mol. The molecule has 0 spiro atoms. The molecule has 1 atom stereocenters. The molecule has 0 bridgehead atoms. The predicted molar refractivity (Wildman–Crippen MR) is 58.8 cm³/mol. The highest BCUT2D eigenvalue weighted by Crippen LogP contribution is 2.19. The Labute approximate surface area is 85.9 Å². The van der Waals surface area contributed by atoms with Crippen LogP contribution in [0.2, 0.25) is 0 Å². The number of nitrogens with zero attached hydrogens (tertiary/aromatic N) is 1. The van der Waals surface area contributed by atoms with E-state index in [0.717, 1.165) is 31.2 Å². The lowest BCUT2D eigenvalue weighted by Crippen LogP contribution is -2.10. The van der Waals surface area contributed by atoms with Gasteiger partial charge in [-0.05, 0) is 31.9 Å². The van der Waals surface area contributed by atoms with Crippen molar-refractivity contribution in [2.45, 2.75) is 46.1 Å². The van der Waals surface area contributed by atoms with E-state index in [1.54, 1.807) is 0 Å². The molecular formula is C12H19NO. The molecule has 1 heterocycles. The first-order chi connectivity index (χ1) is 6.74. The second kappa shape index (κ2) is 4.99. The Morgan fingerprint density at radius 2 is 2.14 bits per heavy atom. The highest BCUT2D eigenvalue weighted by Gasteiger charge is 2.11. The van der Waals surface area contributed by atoms with Crippen LogP contribution in [-0.4, -0.2) is 10.9 Å². The van der Waals surface area contributed by atoms with Gasteiger partial charge in [-0.3, -0.25) is 4.79 Å². The van der Waals surface area contributed by atoms with Crippen LogP contribution in [0.3, 0.4) is 0 Å². The van der Waals surface area contributed by atoms with Gasteiger partial charge < -0.3 is 4.57 Å². The molecule has 0 radical (unpaired) electrons. The third-order valence-electron chi connectivity index (χ3n) is 2.69. The maximum absolute atomic E-state index is 10.8. The van der Waals surface area contributed by atoms with Crippen LogP contribution in [-0.2, 0) is 6.42 Å². The zero-order valence-corrected chi connectivity index (χ0v) is 9.29.